The first-order valence-corrected chi connectivity index (χ1v) is 8.28. The van der Waals surface area contributed by atoms with Crippen LogP contribution in [-0.4, -0.2) is 22.1 Å². The highest BCUT2D eigenvalue weighted by molar-refractivity contribution is 7.98. The zero-order valence-electron chi connectivity index (χ0n) is 11.1. The number of aromatic nitrogens is 2. The summed E-state index contributed by atoms with van der Waals surface area (Å²) in [6.07, 6.45) is 10.6. The lowest BCUT2D eigenvalue weighted by Crippen LogP contribution is -2.12. The average molecular weight is 269 g/mol. The van der Waals surface area contributed by atoms with E-state index < -0.39 is 0 Å². The molecule has 0 bridgehead atoms. The van der Waals surface area contributed by atoms with Gasteiger partial charge in [0.15, 0.2) is 5.82 Å². The van der Waals surface area contributed by atoms with Gasteiger partial charge in [0.05, 0.1) is 6.04 Å². The maximum Gasteiger partial charge on any atom is 0.243 e. The fourth-order valence-electron chi connectivity index (χ4n) is 2.47. The van der Waals surface area contributed by atoms with Crippen molar-refractivity contribution in [2.24, 2.45) is 5.73 Å². The Morgan fingerprint density at radius 3 is 2.72 bits per heavy atom. The average Bonchev–Trinajstić information content (AvgIpc) is 2.72. The zero-order valence-corrected chi connectivity index (χ0v) is 11.9. The van der Waals surface area contributed by atoms with Crippen LogP contribution in [0, 0.1) is 0 Å². The summed E-state index contributed by atoms with van der Waals surface area (Å²) in [6, 6.07) is -0.107. The molecule has 0 aromatic carbocycles. The molecule has 2 N–H and O–H groups in total. The van der Waals surface area contributed by atoms with Crippen molar-refractivity contribution < 1.29 is 4.52 Å². The number of thioether (sulfide) groups is 1. The van der Waals surface area contributed by atoms with Crippen molar-refractivity contribution in [3.05, 3.63) is 11.7 Å². The maximum atomic E-state index is 6.05. The van der Waals surface area contributed by atoms with Crippen molar-refractivity contribution in [1.82, 2.24) is 10.1 Å². The van der Waals surface area contributed by atoms with Gasteiger partial charge in [-0.25, -0.2) is 0 Å². The summed E-state index contributed by atoms with van der Waals surface area (Å²) in [4.78, 5) is 4.52. The lowest BCUT2D eigenvalue weighted by molar-refractivity contribution is 0.345. The summed E-state index contributed by atoms with van der Waals surface area (Å²) < 4.78 is 5.32. The van der Waals surface area contributed by atoms with E-state index in [0.717, 1.165) is 18.0 Å². The Labute approximate surface area is 113 Å². The van der Waals surface area contributed by atoms with Crippen LogP contribution in [0.4, 0.5) is 0 Å². The number of hydrogen-bond donors (Lipinski definition) is 1. The van der Waals surface area contributed by atoms with Crippen LogP contribution in [0.25, 0.3) is 0 Å². The van der Waals surface area contributed by atoms with Gasteiger partial charge in [-0.05, 0) is 31.3 Å². The van der Waals surface area contributed by atoms with Crippen LogP contribution < -0.4 is 5.73 Å². The molecule has 5 heteroatoms. The van der Waals surface area contributed by atoms with Crippen molar-refractivity contribution in [2.75, 3.05) is 12.0 Å². The second-order valence-electron chi connectivity index (χ2n) is 5.07. The fraction of sp³-hybridized carbons (Fsp3) is 0.846. The number of nitrogens with zero attached hydrogens (tertiary/aromatic N) is 2. The van der Waals surface area contributed by atoms with E-state index in [-0.39, 0.29) is 6.04 Å². The second kappa shape index (κ2) is 7.14. The smallest absolute Gasteiger partial charge is 0.243 e. The van der Waals surface area contributed by atoms with Crippen molar-refractivity contribution in [1.29, 1.82) is 0 Å². The largest absolute Gasteiger partial charge is 0.338 e. The lowest BCUT2D eigenvalue weighted by atomic mass is 10.00. The number of rotatable bonds is 5. The molecule has 1 aromatic heterocycles. The molecule has 0 aliphatic heterocycles. The van der Waals surface area contributed by atoms with E-state index in [2.05, 4.69) is 16.4 Å². The van der Waals surface area contributed by atoms with E-state index in [9.17, 15) is 0 Å². The van der Waals surface area contributed by atoms with E-state index in [1.807, 2.05) is 0 Å². The molecule has 1 aliphatic rings. The topological polar surface area (TPSA) is 64.9 Å². The third-order valence-corrected chi connectivity index (χ3v) is 4.27. The predicted octanol–water partition coefficient (Wildman–Crippen LogP) is 3.26. The van der Waals surface area contributed by atoms with Crippen LogP contribution >= 0.6 is 11.8 Å². The minimum absolute atomic E-state index is 0.107. The van der Waals surface area contributed by atoms with E-state index in [4.69, 9.17) is 10.3 Å². The molecule has 1 fully saturated rings. The Balaban J connectivity index is 1.95. The van der Waals surface area contributed by atoms with Crippen LogP contribution in [0.2, 0.25) is 0 Å². The molecule has 0 amide bonds. The highest BCUT2D eigenvalue weighted by Gasteiger charge is 2.21. The third kappa shape index (κ3) is 3.72. The van der Waals surface area contributed by atoms with Crippen LogP contribution in [0.3, 0.4) is 0 Å². The SMILES string of the molecule is CSCC[C@H](N)c1nc(C2CCCCCC2)no1. The Kier molecular flexibility index (Phi) is 5.50. The van der Waals surface area contributed by atoms with Crippen LogP contribution in [-0.2, 0) is 0 Å². The highest BCUT2D eigenvalue weighted by atomic mass is 32.2. The van der Waals surface area contributed by atoms with Gasteiger partial charge in [-0.1, -0.05) is 30.8 Å². The Morgan fingerprint density at radius 1 is 1.33 bits per heavy atom. The first-order chi connectivity index (χ1) is 8.81. The number of nitrogens with two attached hydrogens (primary N) is 1. The molecular weight excluding hydrogens is 246 g/mol. The van der Waals surface area contributed by atoms with Gasteiger partial charge in [0.1, 0.15) is 0 Å². The quantitative estimate of drug-likeness (QED) is 0.831. The molecule has 4 nitrogen and oxygen atoms in total. The first-order valence-electron chi connectivity index (χ1n) is 6.89. The van der Waals surface area contributed by atoms with Gasteiger partial charge >= 0.3 is 0 Å². The molecule has 1 atom stereocenters. The number of hydrogen-bond acceptors (Lipinski definition) is 5. The molecule has 1 saturated carbocycles. The predicted molar refractivity (Wildman–Crippen MR) is 74.7 cm³/mol. The molecule has 0 unspecified atom stereocenters. The van der Waals surface area contributed by atoms with Gasteiger partial charge in [0.2, 0.25) is 5.89 Å². The molecule has 0 spiro atoms. The molecule has 2 rings (SSSR count). The standard InChI is InChI=1S/C13H23N3OS/c1-18-9-8-11(14)13-15-12(16-17-13)10-6-4-2-3-5-7-10/h10-11H,2-9,14H2,1H3/t11-/m0/s1. The Morgan fingerprint density at radius 2 is 2.06 bits per heavy atom. The molecule has 0 radical (unpaired) electrons. The van der Waals surface area contributed by atoms with Crippen molar-refractivity contribution >= 4 is 11.8 Å². The summed E-state index contributed by atoms with van der Waals surface area (Å²) in [7, 11) is 0. The summed E-state index contributed by atoms with van der Waals surface area (Å²) in [5.74, 6) is 3.01. The molecule has 1 heterocycles. The van der Waals surface area contributed by atoms with Crippen LogP contribution in [0.1, 0.15) is 68.6 Å². The van der Waals surface area contributed by atoms with E-state index >= 15 is 0 Å². The monoisotopic (exact) mass is 269 g/mol. The summed E-state index contributed by atoms with van der Waals surface area (Å²) in [5.41, 5.74) is 6.05. The molecule has 1 aliphatic carbocycles. The van der Waals surface area contributed by atoms with E-state index in [1.165, 1.54) is 38.5 Å². The van der Waals surface area contributed by atoms with Gasteiger partial charge < -0.3 is 10.3 Å². The molecule has 1 aromatic rings. The van der Waals surface area contributed by atoms with Crippen LogP contribution in [0.5, 0.6) is 0 Å². The van der Waals surface area contributed by atoms with Crippen LogP contribution in [0.15, 0.2) is 4.52 Å². The zero-order chi connectivity index (χ0) is 12.8. The minimum atomic E-state index is -0.107. The maximum absolute atomic E-state index is 6.05. The molecule has 0 saturated heterocycles. The minimum Gasteiger partial charge on any atom is -0.338 e. The van der Waals surface area contributed by atoms with Gasteiger partial charge in [0.25, 0.3) is 0 Å². The van der Waals surface area contributed by atoms with Gasteiger partial charge in [-0.2, -0.15) is 16.7 Å². The normalized spacial score (nSPS) is 19.7. The fourth-order valence-corrected chi connectivity index (χ4v) is 2.96. The van der Waals surface area contributed by atoms with Crippen molar-refractivity contribution in [2.45, 2.75) is 56.9 Å². The summed E-state index contributed by atoms with van der Waals surface area (Å²) in [6.45, 7) is 0. The summed E-state index contributed by atoms with van der Waals surface area (Å²) in [5, 5.41) is 4.14. The van der Waals surface area contributed by atoms with Crippen molar-refractivity contribution in [3.8, 4) is 0 Å². The van der Waals surface area contributed by atoms with Gasteiger partial charge in [-0.15, -0.1) is 0 Å². The Hall–Kier alpha value is -0.550. The first kappa shape index (κ1) is 13.9. The second-order valence-corrected chi connectivity index (χ2v) is 6.05. The molecule has 102 valence electrons. The highest BCUT2D eigenvalue weighted by Crippen LogP contribution is 2.30. The van der Waals surface area contributed by atoms with E-state index in [1.54, 1.807) is 11.8 Å². The third-order valence-electron chi connectivity index (χ3n) is 3.63. The van der Waals surface area contributed by atoms with Gasteiger partial charge in [-0.3, -0.25) is 0 Å². The van der Waals surface area contributed by atoms with E-state index in [0.29, 0.717) is 11.8 Å². The molecular formula is C13H23N3OS. The lowest BCUT2D eigenvalue weighted by Gasteiger charge is -2.08. The Bertz CT molecular complexity index is 348. The van der Waals surface area contributed by atoms with Crippen molar-refractivity contribution in [3.63, 3.8) is 0 Å². The molecule has 18 heavy (non-hydrogen) atoms. The summed E-state index contributed by atoms with van der Waals surface area (Å²) >= 11 is 1.79. The van der Waals surface area contributed by atoms with Gasteiger partial charge in [0, 0.05) is 5.92 Å².